The molecule has 2 rings (SSSR count). The molecular weight excluding hydrogens is 316 g/mol. The topological polar surface area (TPSA) is 41.6 Å². The van der Waals surface area contributed by atoms with Crippen LogP contribution in [0.15, 0.2) is 18.2 Å². The van der Waals surface area contributed by atoms with Crippen LogP contribution in [-0.4, -0.2) is 43.2 Å². The second-order valence-electron chi connectivity index (χ2n) is 5.48. The Labute approximate surface area is 131 Å². The molecule has 1 fully saturated rings. The van der Waals surface area contributed by atoms with E-state index >= 15 is 0 Å². The van der Waals surface area contributed by atoms with Gasteiger partial charge in [-0.25, -0.2) is 4.39 Å². The quantitative estimate of drug-likeness (QED) is 0.858. The molecule has 4 nitrogen and oxygen atoms in total. The highest BCUT2D eigenvalue weighted by Crippen LogP contribution is 2.32. The van der Waals surface area contributed by atoms with E-state index in [1.807, 2.05) is 4.90 Å². The number of benzene rings is 1. The van der Waals surface area contributed by atoms with Gasteiger partial charge in [-0.15, -0.1) is 0 Å². The monoisotopic (exact) mass is 334 g/mol. The van der Waals surface area contributed by atoms with Gasteiger partial charge in [-0.3, -0.25) is 9.69 Å². The van der Waals surface area contributed by atoms with Crippen LogP contribution < -0.4 is 5.32 Å². The van der Waals surface area contributed by atoms with Gasteiger partial charge in [0.05, 0.1) is 18.3 Å². The van der Waals surface area contributed by atoms with Crippen LogP contribution in [0.25, 0.3) is 0 Å². The summed E-state index contributed by atoms with van der Waals surface area (Å²) in [5.41, 5.74) is -0.864. The average Bonchev–Trinajstić information content (AvgIpc) is 2.46. The SMILES string of the molecule is CC(=O)NC[C@@H]1CN(Cc2ccc(F)c(C(F)(F)F)c2)CCO1. The maximum absolute atomic E-state index is 13.3. The summed E-state index contributed by atoms with van der Waals surface area (Å²) in [5, 5.41) is 2.65. The predicted octanol–water partition coefficient (Wildman–Crippen LogP) is 2.18. The first-order valence-electron chi connectivity index (χ1n) is 7.19. The normalized spacial score (nSPS) is 19.6. The van der Waals surface area contributed by atoms with Crippen molar-refractivity contribution in [3.05, 3.63) is 35.1 Å². The minimum atomic E-state index is -4.71. The van der Waals surface area contributed by atoms with E-state index < -0.39 is 17.6 Å². The Morgan fingerprint density at radius 3 is 2.83 bits per heavy atom. The number of alkyl halides is 3. The molecule has 128 valence electrons. The lowest BCUT2D eigenvalue weighted by Crippen LogP contribution is -2.46. The van der Waals surface area contributed by atoms with Gasteiger partial charge in [0.2, 0.25) is 5.91 Å². The summed E-state index contributed by atoms with van der Waals surface area (Å²) in [7, 11) is 0. The standard InChI is InChI=1S/C15H18F4N2O2/c1-10(22)20-7-12-9-21(4-5-23-12)8-11-2-3-14(16)13(6-11)15(17,18)19/h2-3,6,12H,4-5,7-9H2,1H3,(H,20,22)/t12-/m1/s1. The highest BCUT2D eigenvalue weighted by molar-refractivity contribution is 5.72. The first-order chi connectivity index (χ1) is 10.8. The Hall–Kier alpha value is -1.67. The van der Waals surface area contributed by atoms with Crippen LogP contribution in [0.1, 0.15) is 18.1 Å². The summed E-state index contributed by atoms with van der Waals surface area (Å²) in [6.45, 7) is 3.50. The van der Waals surface area contributed by atoms with E-state index in [2.05, 4.69) is 5.32 Å². The number of morpholine rings is 1. The summed E-state index contributed by atoms with van der Waals surface area (Å²) in [6, 6.07) is 3.03. The molecule has 0 saturated carbocycles. The van der Waals surface area contributed by atoms with Gasteiger partial charge in [-0.1, -0.05) is 6.07 Å². The van der Waals surface area contributed by atoms with E-state index in [-0.39, 0.29) is 18.6 Å². The van der Waals surface area contributed by atoms with E-state index in [4.69, 9.17) is 4.74 Å². The number of rotatable bonds is 4. The third-order valence-corrected chi connectivity index (χ3v) is 3.54. The third-order valence-electron chi connectivity index (χ3n) is 3.54. The van der Waals surface area contributed by atoms with Gasteiger partial charge in [0.1, 0.15) is 5.82 Å². The van der Waals surface area contributed by atoms with Crippen molar-refractivity contribution in [2.24, 2.45) is 0 Å². The van der Waals surface area contributed by atoms with Crippen molar-refractivity contribution in [3.63, 3.8) is 0 Å². The number of ether oxygens (including phenoxy) is 1. The number of nitrogens with zero attached hydrogens (tertiary/aromatic N) is 1. The molecule has 1 amide bonds. The lowest BCUT2D eigenvalue weighted by atomic mass is 10.1. The summed E-state index contributed by atoms with van der Waals surface area (Å²) >= 11 is 0. The van der Waals surface area contributed by atoms with Gasteiger partial charge in [0.25, 0.3) is 0 Å². The minimum absolute atomic E-state index is 0.168. The summed E-state index contributed by atoms with van der Waals surface area (Å²) in [5.74, 6) is -1.44. The smallest absolute Gasteiger partial charge is 0.374 e. The van der Waals surface area contributed by atoms with Crippen molar-refractivity contribution < 1.29 is 27.1 Å². The van der Waals surface area contributed by atoms with Crippen LogP contribution >= 0.6 is 0 Å². The molecule has 1 aromatic rings. The van der Waals surface area contributed by atoms with Gasteiger partial charge in [-0.2, -0.15) is 13.2 Å². The molecule has 1 N–H and O–H groups in total. The molecule has 1 heterocycles. The summed E-state index contributed by atoms with van der Waals surface area (Å²) in [6.07, 6.45) is -4.92. The summed E-state index contributed by atoms with van der Waals surface area (Å²) < 4.78 is 57.0. The number of hydrogen-bond donors (Lipinski definition) is 1. The van der Waals surface area contributed by atoms with Crippen LogP contribution in [-0.2, 0) is 22.3 Å². The van der Waals surface area contributed by atoms with Gasteiger partial charge >= 0.3 is 6.18 Å². The zero-order valence-electron chi connectivity index (χ0n) is 12.6. The van der Waals surface area contributed by atoms with E-state index in [0.717, 1.165) is 12.1 Å². The number of hydrogen-bond acceptors (Lipinski definition) is 3. The molecule has 0 bridgehead atoms. The van der Waals surface area contributed by atoms with E-state index in [1.54, 1.807) is 0 Å². The fourth-order valence-corrected chi connectivity index (χ4v) is 2.45. The fourth-order valence-electron chi connectivity index (χ4n) is 2.45. The minimum Gasteiger partial charge on any atom is -0.374 e. The van der Waals surface area contributed by atoms with Crippen LogP contribution in [0, 0.1) is 5.82 Å². The first-order valence-corrected chi connectivity index (χ1v) is 7.19. The van der Waals surface area contributed by atoms with Crippen LogP contribution in [0.3, 0.4) is 0 Å². The van der Waals surface area contributed by atoms with Gasteiger partial charge in [-0.05, 0) is 17.7 Å². The Bertz CT molecular complexity index is 563. The molecule has 1 aliphatic rings. The zero-order chi connectivity index (χ0) is 17.0. The molecule has 1 aliphatic heterocycles. The molecule has 0 radical (unpaired) electrons. The molecular formula is C15H18F4N2O2. The molecule has 8 heteroatoms. The maximum atomic E-state index is 13.3. The van der Waals surface area contributed by atoms with Crippen molar-refractivity contribution >= 4 is 5.91 Å². The number of halogens is 4. The number of carbonyl (C=O) groups excluding carboxylic acids is 1. The highest BCUT2D eigenvalue weighted by atomic mass is 19.4. The van der Waals surface area contributed by atoms with Crippen molar-refractivity contribution in [2.75, 3.05) is 26.2 Å². The Morgan fingerprint density at radius 1 is 1.43 bits per heavy atom. The molecule has 0 aromatic heterocycles. The number of nitrogens with one attached hydrogen (secondary N) is 1. The molecule has 23 heavy (non-hydrogen) atoms. The number of carbonyl (C=O) groups is 1. The van der Waals surface area contributed by atoms with Crippen LogP contribution in [0.5, 0.6) is 0 Å². The fraction of sp³-hybridized carbons (Fsp3) is 0.533. The van der Waals surface area contributed by atoms with Crippen molar-refractivity contribution in [2.45, 2.75) is 25.7 Å². The van der Waals surface area contributed by atoms with Crippen molar-refractivity contribution in [1.82, 2.24) is 10.2 Å². The molecule has 1 aromatic carbocycles. The Balaban J connectivity index is 2.00. The first kappa shape index (κ1) is 17.7. The average molecular weight is 334 g/mol. The Kier molecular flexibility index (Phi) is 5.59. The van der Waals surface area contributed by atoms with E-state index in [1.165, 1.54) is 13.0 Å². The van der Waals surface area contributed by atoms with Crippen LogP contribution in [0.4, 0.5) is 17.6 Å². The molecule has 0 aliphatic carbocycles. The predicted molar refractivity (Wildman–Crippen MR) is 75.1 cm³/mol. The molecule has 0 spiro atoms. The second-order valence-corrected chi connectivity index (χ2v) is 5.48. The molecule has 1 atom stereocenters. The lowest BCUT2D eigenvalue weighted by molar-refractivity contribution is -0.140. The zero-order valence-corrected chi connectivity index (χ0v) is 12.6. The van der Waals surface area contributed by atoms with Crippen LogP contribution in [0.2, 0.25) is 0 Å². The largest absolute Gasteiger partial charge is 0.419 e. The Morgan fingerprint density at radius 2 is 2.17 bits per heavy atom. The molecule has 0 unspecified atom stereocenters. The second kappa shape index (κ2) is 7.27. The highest BCUT2D eigenvalue weighted by Gasteiger charge is 2.34. The molecule has 1 saturated heterocycles. The lowest BCUT2D eigenvalue weighted by Gasteiger charge is -2.33. The van der Waals surface area contributed by atoms with E-state index in [0.29, 0.717) is 31.8 Å². The number of amides is 1. The van der Waals surface area contributed by atoms with Gasteiger partial charge in [0.15, 0.2) is 0 Å². The van der Waals surface area contributed by atoms with Gasteiger partial charge in [0, 0.05) is 33.1 Å². The van der Waals surface area contributed by atoms with Gasteiger partial charge < -0.3 is 10.1 Å². The van der Waals surface area contributed by atoms with Crippen molar-refractivity contribution in [3.8, 4) is 0 Å². The third kappa shape index (κ3) is 5.18. The van der Waals surface area contributed by atoms with E-state index in [9.17, 15) is 22.4 Å². The van der Waals surface area contributed by atoms with Crippen molar-refractivity contribution in [1.29, 1.82) is 0 Å². The maximum Gasteiger partial charge on any atom is 0.419 e. The summed E-state index contributed by atoms with van der Waals surface area (Å²) in [4.78, 5) is 12.8.